The molecule has 1 heterocycles. The number of carbonyl (C=O) groups is 1. The summed E-state index contributed by atoms with van der Waals surface area (Å²) in [4.78, 5) is 12.5. The van der Waals surface area contributed by atoms with Crippen LogP contribution in [0.15, 0.2) is 30.3 Å². The lowest BCUT2D eigenvalue weighted by molar-refractivity contribution is -0.132. The van der Waals surface area contributed by atoms with Gasteiger partial charge in [0.05, 0.1) is 12.0 Å². The number of carbonyl (C=O) groups excluding carboxylic acids is 1. The molecular formula is C17H26N2O2. The number of hydrogen-bond acceptors (Lipinski definition) is 3. The summed E-state index contributed by atoms with van der Waals surface area (Å²) in [5, 5.41) is 6.41. The fraction of sp³-hybridized carbons (Fsp3) is 0.588. The van der Waals surface area contributed by atoms with E-state index in [2.05, 4.69) is 17.6 Å². The van der Waals surface area contributed by atoms with E-state index in [1.807, 2.05) is 30.3 Å². The van der Waals surface area contributed by atoms with Crippen LogP contribution in [0.5, 0.6) is 5.75 Å². The molecule has 0 aliphatic carbocycles. The van der Waals surface area contributed by atoms with E-state index in [1.165, 1.54) is 0 Å². The predicted molar refractivity (Wildman–Crippen MR) is 84.4 cm³/mol. The number of para-hydroxylation sites is 1. The highest BCUT2D eigenvalue weighted by Gasteiger charge is 2.38. The predicted octanol–water partition coefficient (Wildman–Crippen LogP) is 2.35. The molecule has 1 aliphatic heterocycles. The normalized spacial score (nSPS) is 21.8. The second kappa shape index (κ2) is 8.03. The quantitative estimate of drug-likeness (QED) is 0.758. The van der Waals surface area contributed by atoms with Crippen LogP contribution >= 0.6 is 0 Å². The van der Waals surface area contributed by atoms with Crippen molar-refractivity contribution in [2.75, 3.05) is 26.2 Å². The third-order valence-corrected chi connectivity index (χ3v) is 4.08. The van der Waals surface area contributed by atoms with E-state index in [0.29, 0.717) is 13.2 Å². The lowest BCUT2D eigenvalue weighted by atomic mass is 9.76. The van der Waals surface area contributed by atoms with Gasteiger partial charge in [0.1, 0.15) is 12.4 Å². The Morgan fingerprint density at radius 2 is 2.19 bits per heavy atom. The van der Waals surface area contributed by atoms with Crippen LogP contribution in [0.2, 0.25) is 0 Å². The van der Waals surface area contributed by atoms with Gasteiger partial charge in [-0.1, -0.05) is 31.5 Å². The molecule has 116 valence electrons. The summed E-state index contributed by atoms with van der Waals surface area (Å²) < 4.78 is 5.61. The first-order valence-electron chi connectivity index (χ1n) is 7.94. The molecule has 1 fully saturated rings. The van der Waals surface area contributed by atoms with Crippen molar-refractivity contribution >= 4 is 5.91 Å². The topological polar surface area (TPSA) is 50.4 Å². The molecule has 1 aromatic carbocycles. The van der Waals surface area contributed by atoms with Gasteiger partial charge in [-0.3, -0.25) is 4.79 Å². The van der Waals surface area contributed by atoms with Crippen molar-refractivity contribution in [2.45, 2.75) is 32.6 Å². The van der Waals surface area contributed by atoms with E-state index in [1.54, 1.807) is 0 Å². The van der Waals surface area contributed by atoms with Gasteiger partial charge in [-0.05, 0) is 37.9 Å². The Labute approximate surface area is 127 Å². The molecule has 0 bridgehead atoms. The van der Waals surface area contributed by atoms with Crippen LogP contribution in [0, 0.1) is 5.41 Å². The molecule has 1 aromatic rings. The summed E-state index contributed by atoms with van der Waals surface area (Å²) >= 11 is 0. The average Bonchev–Trinajstić information content (AvgIpc) is 2.53. The van der Waals surface area contributed by atoms with E-state index in [9.17, 15) is 4.79 Å². The smallest absolute Gasteiger partial charge is 0.227 e. The molecule has 0 aromatic heterocycles. The number of benzene rings is 1. The second-order valence-electron chi connectivity index (χ2n) is 5.73. The van der Waals surface area contributed by atoms with Crippen LogP contribution in [0.1, 0.15) is 32.6 Å². The van der Waals surface area contributed by atoms with Gasteiger partial charge in [0.2, 0.25) is 5.91 Å². The van der Waals surface area contributed by atoms with Gasteiger partial charge in [0, 0.05) is 6.54 Å². The Morgan fingerprint density at radius 1 is 1.38 bits per heavy atom. The Hall–Kier alpha value is -1.55. The summed E-state index contributed by atoms with van der Waals surface area (Å²) in [5.74, 6) is 1.02. The minimum absolute atomic E-state index is 0.174. The Bertz CT molecular complexity index is 422. The highest BCUT2D eigenvalue weighted by molar-refractivity contribution is 5.83. The molecule has 2 rings (SSSR count). The van der Waals surface area contributed by atoms with Crippen molar-refractivity contribution in [3.05, 3.63) is 30.3 Å². The zero-order valence-electron chi connectivity index (χ0n) is 12.9. The first kappa shape index (κ1) is 15.8. The Balaban J connectivity index is 1.77. The van der Waals surface area contributed by atoms with Crippen LogP contribution in [0.4, 0.5) is 0 Å². The monoisotopic (exact) mass is 290 g/mol. The van der Waals surface area contributed by atoms with Crippen LogP contribution in [0.3, 0.4) is 0 Å². The molecule has 1 amide bonds. The fourth-order valence-electron chi connectivity index (χ4n) is 3.00. The third kappa shape index (κ3) is 4.46. The summed E-state index contributed by atoms with van der Waals surface area (Å²) in [5.41, 5.74) is -0.222. The maximum absolute atomic E-state index is 12.5. The van der Waals surface area contributed by atoms with E-state index in [4.69, 9.17) is 4.74 Å². The van der Waals surface area contributed by atoms with Crippen LogP contribution in [-0.2, 0) is 4.79 Å². The van der Waals surface area contributed by atoms with Gasteiger partial charge in [0.15, 0.2) is 0 Å². The van der Waals surface area contributed by atoms with Gasteiger partial charge < -0.3 is 15.4 Å². The Morgan fingerprint density at radius 3 is 2.86 bits per heavy atom. The molecule has 0 radical (unpaired) electrons. The molecule has 1 atom stereocenters. The number of ether oxygens (including phenoxy) is 1. The van der Waals surface area contributed by atoms with Crippen molar-refractivity contribution in [1.82, 2.24) is 10.6 Å². The largest absolute Gasteiger partial charge is 0.492 e. The van der Waals surface area contributed by atoms with E-state index >= 15 is 0 Å². The third-order valence-electron chi connectivity index (χ3n) is 4.08. The summed E-state index contributed by atoms with van der Waals surface area (Å²) in [6, 6.07) is 9.69. The summed E-state index contributed by atoms with van der Waals surface area (Å²) in [6.07, 6.45) is 4.05. The molecule has 0 spiro atoms. The summed E-state index contributed by atoms with van der Waals surface area (Å²) in [7, 11) is 0. The standard InChI is InChI=1S/C17H26N2O2/c1-2-9-17(10-6-11-18-14-17)16(20)19-12-13-21-15-7-4-3-5-8-15/h3-5,7-8,18H,2,6,9-14H2,1H3,(H,19,20). The van der Waals surface area contributed by atoms with Crippen molar-refractivity contribution < 1.29 is 9.53 Å². The van der Waals surface area contributed by atoms with Crippen LogP contribution < -0.4 is 15.4 Å². The van der Waals surface area contributed by atoms with Crippen molar-refractivity contribution in [3.8, 4) is 5.75 Å². The minimum Gasteiger partial charge on any atom is -0.492 e. The van der Waals surface area contributed by atoms with Crippen LogP contribution in [0.25, 0.3) is 0 Å². The molecule has 1 unspecified atom stereocenters. The van der Waals surface area contributed by atoms with E-state index in [0.717, 1.165) is 44.5 Å². The highest BCUT2D eigenvalue weighted by Crippen LogP contribution is 2.31. The molecule has 21 heavy (non-hydrogen) atoms. The summed E-state index contributed by atoms with van der Waals surface area (Å²) in [6.45, 7) is 5.02. The maximum atomic E-state index is 12.5. The molecule has 1 aliphatic rings. The van der Waals surface area contributed by atoms with Crippen LogP contribution in [-0.4, -0.2) is 32.1 Å². The molecular weight excluding hydrogens is 264 g/mol. The number of nitrogens with one attached hydrogen (secondary N) is 2. The van der Waals surface area contributed by atoms with Crippen molar-refractivity contribution in [2.24, 2.45) is 5.41 Å². The molecule has 2 N–H and O–H groups in total. The average molecular weight is 290 g/mol. The van der Waals surface area contributed by atoms with E-state index in [-0.39, 0.29) is 11.3 Å². The zero-order valence-corrected chi connectivity index (χ0v) is 12.9. The number of piperidine rings is 1. The van der Waals surface area contributed by atoms with Gasteiger partial charge in [-0.15, -0.1) is 0 Å². The van der Waals surface area contributed by atoms with Crippen molar-refractivity contribution in [3.63, 3.8) is 0 Å². The molecule has 1 saturated heterocycles. The van der Waals surface area contributed by atoms with E-state index < -0.39 is 0 Å². The molecule has 4 nitrogen and oxygen atoms in total. The highest BCUT2D eigenvalue weighted by atomic mass is 16.5. The fourth-order valence-corrected chi connectivity index (χ4v) is 3.00. The SMILES string of the molecule is CCCC1(C(=O)NCCOc2ccccc2)CCCNC1. The van der Waals surface area contributed by atoms with Gasteiger partial charge >= 0.3 is 0 Å². The van der Waals surface area contributed by atoms with Crippen molar-refractivity contribution in [1.29, 1.82) is 0 Å². The maximum Gasteiger partial charge on any atom is 0.227 e. The Kier molecular flexibility index (Phi) is 6.05. The first-order valence-corrected chi connectivity index (χ1v) is 7.94. The van der Waals surface area contributed by atoms with Gasteiger partial charge in [0.25, 0.3) is 0 Å². The first-order chi connectivity index (χ1) is 10.3. The number of rotatable bonds is 7. The van der Waals surface area contributed by atoms with Gasteiger partial charge in [-0.2, -0.15) is 0 Å². The molecule has 4 heteroatoms. The van der Waals surface area contributed by atoms with Gasteiger partial charge in [-0.25, -0.2) is 0 Å². The zero-order chi connectivity index (χ0) is 15.0. The molecule has 0 saturated carbocycles. The minimum atomic E-state index is -0.222. The number of hydrogen-bond donors (Lipinski definition) is 2. The lowest BCUT2D eigenvalue weighted by Gasteiger charge is -2.36. The lowest BCUT2D eigenvalue weighted by Crippen LogP contribution is -2.51. The second-order valence-corrected chi connectivity index (χ2v) is 5.73. The number of amides is 1.